The fourth-order valence-electron chi connectivity index (χ4n) is 3.04. The topological polar surface area (TPSA) is 90.3 Å². The first kappa shape index (κ1) is 23.3. The number of anilines is 1. The standard InChI is InChI=1S/C21H21BrClN3O4S/c1-12-20(22)13(2)26(25-12)14(3)21(27)24-16-9-17(30-4)11-19(10-16)31(28,29)18-7-5-15(23)6-8-18/h5-11,14H,1-4H3,(H,24,27). The largest absolute Gasteiger partial charge is 0.497 e. The maximum atomic E-state index is 13.1. The zero-order valence-electron chi connectivity index (χ0n) is 17.3. The number of ether oxygens (including phenoxy) is 1. The summed E-state index contributed by atoms with van der Waals surface area (Å²) in [6.45, 7) is 5.41. The first-order chi connectivity index (χ1) is 14.5. The lowest BCUT2D eigenvalue weighted by Crippen LogP contribution is -2.25. The van der Waals surface area contributed by atoms with Crippen LogP contribution in [0.2, 0.25) is 5.02 Å². The van der Waals surface area contributed by atoms with Crippen molar-refractivity contribution in [2.45, 2.75) is 36.6 Å². The van der Waals surface area contributed by atoms with E-state index in [1.807, 2.05) is 13.8 Å². The number of carbonyl (C=O) groups excluding carboxylic acids is 1. The van der Waals surface area contributed by atoms with Crippen LogP contribution in [0.3, 0.4) is 0 Å². The molecule has 2 aromatic carbocycles. The average Bonchev–Trinajstić information content (AvgIpc) is 3.00. The second kappa shape index (κ2) is 9.02. The van der Waals surface area contributed by atoms with Gasteiger partial charge in [-0.3, -0.25) is 9.48 Å². The predicted octanol–water partition coefficient (Wildman–Crippen LogP) is 4.96. The summed E-state index contributed by atoms with van der Waals surface area (Å²) in [7, 11) is -2.42. The molecule has 1 heterocycles. The lowest BCUT2D eigenvalue weighted by atomic mass is 10.2. The molecule has 1 atom stereocenters. The summed E-state index contributed by atoms with van der Waals surface area (Å²) < 4.78 is 33.8. The van der Waals surface area contributed by atoms with E-state index in [4.69, 9.17) is 16.3 Å². The Labute approximate surface area is 194 Å². The van der Waals surface area contributed by atoms with Gasteiger partial charge in [0.2, 0.25) is 15.7 Å². The van der Waals surface area contributed by atoms with E-state index in [0.717, 1.165) is 15.9 Å². The third-order valence-electron chi connectivity index (χ3n) is 4.80. The molecule has 164 valence electrons. The van der Waals surface area contributed by atoms with E-state index in [2.05, 4.69) is 26.3 Å². The molecule has 1 N–H and O–H groups in total. The molecule has 0 saturated heterocycles. The Balaban J connectivity index is 1.94. The summed E-state index contributed by atoms with van der Waals surface area (Å²) in [5.74, 6) is -0.0481. The summed E-state index contributed by atoms with van der Waals surface area (Å²) in [5.41, 5.74) is 1.89. The molecular formula is C21H21BrClN3O4S. The average molecular weight is 527 g/mol. The number of hydrogen-bond acceptors (Lipinski definition) is 5. The molecule has 1 aromatic heterocycles. The highest BCUT2D eigenvalue weighted by atomic mass is 79.9. The van der Waals surface area contributed by atoms with Crippen molar-refractivity contribution in [1.29, 1.82) is 0 Å². The third kappa shape index (κ3) is 4.78. The molecule has 0 aliphatic rings. The minimum absolute atomic E-state index is 0.00835. The molecule has 31 heavy (non-hydrogen) atoms. The number of aryl methyl sites for hydroxylation is 1. The minimum Gasteiger partial charge on any atom is -0.497 e. The molecule has 0 spiro atoms. The molecule has 10 heteroatoms. The van der Waals surface area contributed by atoms with Crippen molar-refractivity contribution in [1.82, 2.24) is 9.78 Å². The highest BCUT2D eigenvalue weighted by Gasteiger charge is 2.23. The van der Waals surface area contributed by atoms with E-state index in [-0.39, 0.29) is 15.7 Å². The highest BCUT2D eigenvalue weighted by Crippen LogP contribution is 2.30. The van der Waals surface area contributed by atoms with Crippen molar-refractivity contribution in [2.75, 3.05) is 12.4 Å². The van der Waals surface area contributed by atoms with Crippen LogP contribution >= 0.6 is 27.5 Å². The van der Waals surface area contributed by atoms with Gasteiger partial charge in [0.25, 0.3) is 0 Å². The van der Waals surface area contributed by atoms with Crippen LogP contribution in [0.25, 0.3) is 0 Å². The van der Waals surface area contributed by atoms with Gasteiger partial charge in [-0.25, -0.2) is 8.42 Å². The quantitative estimate of drug-likeness (QED) is 0.490. The lowest BCUT2D eigenvalue weighted by molar-refractivity contribution is -0.119. The van der Waals surface area contributed by atoms with E-state index < -0.39 is 15.9 Å². The maximum absolute atomic E-state index is 13.1. The molecule has 0 saturated carbocycles. The molecule has 1 amide bonds. The first-order valence-electron chi connectivity index (χ1n) is 9.26. The number of aromatic nitrogens is 2. The first-order valence-corrected chi connectivity index (χ1v) is 11.9. The minimum atomic E-state index is -3.84. The van der Waals surface area contributed by atoms with Crippen molar-refractivity contribution in [2.24, 2.45) is 0 Å². The molecule has 7 nitrogen and oxygen atoms in total. The van der Waals surface area contributed by atoms with Gasteiger partial charge in [0.05, 0.1) is 32.8 Å². The van der Waals surface area contributed by atoms with Crippen LogP contribution in [-0.2, 0) is 14.6 Å². The van der Waals surface area contributed by atoms with Crippen molar-refractivity contribution in [3.8, 4) is 5.75 Å². The Bertz CT molecular complexity index is 1240. The molecular weight excluding hydrogens is 506 g/mol. The fourth-order valence-corrected chi connectivity index (χ4v) is 4.75. The van der Waals surface area contributed by atoms with Crippen LogP contribution in [-0.4, -0.2) is 31.2 Å². The number of nitrogens with one attached hydrogen (secondary N) is 1. The van der Waals surface area contributed by atoms with Gasteiger partial charge >= 0.3 is 0 Å². The summed E-state index contributed by atoms with van der Waals surface area (Å²) in [5, 5.41) is 7.58. The molecule has 3 aromatic rings. The van der Waals surface area contributed by atoms with Crippen molar-refractivity contribution in [3.05, 3.63) is 63.3 Å². The van der Waals surface area contributed by atoms with Gasteiger partial charge in [-0.15, -0.1) is 0 Å². The Kier molecular flexibility index (Phi) is 6.78. The number of carbonyl (C=O) groups is 1. The van der Waals surface area contributed by atoms with Gasteiger partial charge < -0.3 is 10.1 Å². The summed E-state index contributed by atoms with van der Waals surface area (Å²) in [6, 6.07) is 9.61. The lowest BCUT2D eigenvalue weighted by Gasteiger charge is -2.16. The van der Waals surface area contributed by atoms with Gasteiger partial charge in [0.1, 0.15) is 11.8 Å². The molecule has 0 bridgehead atoms. The summed E-state index contributed by atoms with van der Waals surface area (Å²) in [6.07, 6.45) is 0. The monoisotopic (exact) mass is 525 g/mol. The SMILES string of the molecule is COc1cc(NC(=O)C(C)n2nc(C)c(Br)c2C)cc(S(=O)(=O)c2ccc(Cl)cc2)c1. The van der Waals surface area contributed by atoms with Crippen molar-refractivity contribution >= 4 is 49.0 Å². The fraction of sp³-hybridized carbons (Fsp3) is 0.238. The summed E-state index contributed by atoms with van der Waals surface area (Å²) in [4.78, 5) is 12.9. The Hall–Kier alpha value is -2.36. The number of methoxy groups -OCH3 is 1. The van der Waals surface area contributed by atoms with Gasteiger partial charge in [-0.05, 0) is 73.1 Å². The smallest absolute Gasteiger partial charge is 0.248 e. The second-order valence-corrected chi connectivity index (χ2v) is 10.1. The van der Waals surface area contributed by atoms with E-state index in [0.29, 0.717) is 16.5 Å². The van der Waals surface area contributed by atoms with Crippen LogP contribution in [0.15, 0.2) is 56.7 Å². The van der Waals surface area contributed by atoms with E-state index >= 15 is 0 Å². The van der Waals surface area contributed by atoms with Gasteiger partial charge in [-0.1, -0.05) is 11.6 Å². The van der Waals surface area contributed by atoms with Crippen LogP contribution < -0.4 is 10.1 Å². The number of hydrogen-bond donors (Lipinski definition) is 1. The van der Waals surface area contributed by atoms with Crippen molar-refractivity contribution in [3.63, 3.8) is 0 Å². The Morgan fingerprint density at radius 2 is 1.81 bits per heavy atom. The second-order valence-electron chi connectivity index (χ2n) is 6.95. The van der Waals surface area contributed by atoms with Gasteiger partial charge in [-0.2, -0.15) is 5.10 Å². The number of amides is 1. The van der Waals surface area contributed by atoms with E-state index in [9.17, 15) is 13.2 Å². The molecule has 1 unspecified atom stereocenters. The molecule has 0 aliphatic carbocycles. The molecule has 3 rings (SSSR count). The van der Waals surface area contributed by atoms with Crippen LogP contribution in [0.4, 0.5) is 5.69 Å². The van der Waals surface area contributed by atoms with E-state index in [1.54, 1.807) is 17.7 Å². The zero-order valence-corrected chi connectivity index (χ0v) is 20.5. The Morgan fingerprint density at radius 1 is 1.16 bits per heavy atom. The van der Waals surface area contributed by atoms with Gasteiger partial charge in [0, 0.05) is 16.8 Å². The number of halogens is 2. The summed E-state index contributed by atoms with van der Waals surface area (Å²) >= 11 is 9.32. The normalized spacial score (nSPS) is 12.5. The van der Waals surface area contributed by atoms with E-state index in [1.165, 1.54) is 43.5 Å². The maximum Gasteiger partial charge on any atom is 0.248 e. The van der Waals surface area contributed by atoms with Crippen LogP contribution in [0, 0.1) is 13.8 Å². The Morgan fingerprint density at radius 3 is 2.35 bits per heavy atom. The van der Waals surface area contributed by atoms with Gasteiger partial charge in [0.15, 0.2) is 0 Å². The number of sulfone groups is 1. The molecule has 0 fully saturated rings. The van der Waals surface area contributed by atoms with Crippen LogP contribution in [0.5, 0.6) is 5.75 Å². The number of benzene rings is 2. The van der Waals surface area contributed by atoms with Crippen LogP contribution in [0.1, 0.15) is 24.4 Å². The zero-order chi connectivity index (χ0) is 22.9. The van der Waals surface area contributed by atoms with Crippen molar-refractivity contribution < 1.29 is 17.9 Å². The highest BCUT2D eigenvalue weighted by molar-refractivity contribution is 9.10. The predicted molar refractivity (Wildman–Crippen MR) is 123 cm³/mol. The number of rotatable bonds is 6. The molecule has 0 aliphatic heterocycles. The number of nitrogens with zero attached hydrogens (tertiary/aromatic N) is 2. The third-order valence-corrected chi connectivity index (χ3v) is 7.95. The molecule has 0 radical (unpaired) electrons.